The second-order valence-corrected chi connectivity index (χ2v) is 7.12. The standard InChI is InChI=1S/C16H22F2N4O2/c1-10(2)5-14(23)21-8-12-3-4-19-22(12)13(9-21)15(24)20-11-6-16(17,18)7-11/h3-4,10-11,13H,5-9H2,1-2H3,(H,20,24). The molecule has 1 aliphatic carbocycles. The van der Waals surface area contributed by atoms with Crippen LogP contribution in [0.25, 0.3) is 0 Å². The molecule has 6 nitrogen and oxygen atoms in total. The zero-order valence-corrected chi connectivity index (χ0v) is 13.8. The number of carbonyl (C=O) groups is 2. The van der Waals surface area contributed by atoms with Gasteiger partial charge in [0.05, 0.1) is 18.8 Å². The maximum absolute atomic E-state index is 12.9. The molecule has 3 rings (SSSR count). The molecular weight excluding hydrogens is 318 g/mol. The van der Waals surface area contributed by atoms with E-state index in [-0.39, 0.29) is 37.1 Å². The highest BCUT2D eigenvalue weighted by molar-refractivity contribution is 5.83. The van der Waals surface area contributed by atoms with Crippen molar-refractivity contribution in [1.29, 1.82) is 0 Å². The van der Waals surface area contributed by atoms with Gasteiger partial charge in [0.2, 0.25) is 11.8 Å². The van der Waals surface area contributed by atoms with Crippen LogP contribution in [0.15, 0.2) is 12.3 Å². The van der Waals surface area contributed by atoms with Crippen LogP contribution in [0.3, 0.4) is 0 Å². The van der Waals surface area contributed by atoms with E-state index in [0.717, 1.165) is 5.69 Å². The fraction of sp³-hybridized carbons (Fsp3) is 0.688. The molecule has 0 bridgehead atoms. The Bertz CT molecular complexity index is 636. The monoisotopic (exact) mass is 340 g/mol. The summed E-state index contributed by atoms with van der Waals surface area (Å²) in [6.07, 6.45) is 1.35. The minimum Gasteiger partial charge on any atom is -0.351 e. The molecule has 8 heteroatoms. The van der Waals surface area contributed by atoms with Crippen LogP contribution >= 0.6 is 0 Å². The molecule has 0 spiro atoms. The van der Waals surface area contributed by atoms with Crippen molar-refractivity contribution in [3.8, 4) is 0 Å². The summed E-state index contributed by atoms with van der Waals surface area (Å²) in [7, 11) is 0. The summed E-state index contributed by atoms with van der Waals surface area (Å²) >= 11 is 0. The second kappa shape index (κ2) is 6.14. The van der Waals surface area contributed by atoms with Crippen molar-refractivity contribution in [1.82, 2.24) is 20.0 Å². The first kappa shape index (κ1) is 16.9. The van der Waals surface area contributed by atoms with E-state index >= 15 is 0 Å². The molecule has 1 atom stereocenters. The highest BCUT2D eigenvalue weighted by atomic mass is 19.3. The predicted octanol–water partition coefficient (Wildman–Crippen LogP) is 1.73. The normalized spacial score (nSPS) is 22.9. The van der Waals surface area contributed by atoms with Crippen LogP contribution in [0.1, 0.15) is 44.8 Å². The SMILES string of the molecule is CC(C)CC(=O)N1Cc2ccnn2C(C(=O)NC2CC(F)(F)C2)C1. The van der Waals surface area contributed by atoms with E-state index in [9.17, 15) is 18.4 Å². The van der Waals surface area contributed by atoms with Gasteiger partial charge in [0.25, 0.3) is 5.92 Å². The van der Waals surface area contributed by atoms with Crippen LogP contribution in [-0.2, 0) is 16.1 Å². The third kappa shape index (κ3) is 3.42. The summed E-state index contributed by atoms with van der Waals surface area (Å²) in [5, 5.41) is 6.82. The molecule has 0 saturated heterocycles. The molecule has 1 aromatic rings. The first-order valence-electron chi connectivity index (χ1n) is 8.23. The third-order valence-electron chi connectivity index (χ3n) is 4.47. The number of nitrogens with one attached hydrogen (secondary N) is 1. The lowest BCUT2D eigenvalue weighted by atomic mass is 9.88. The molecule has 0 radical (unpaired) electrons. The number of alkyl halides is 2. The average molecular weight is 340 g/mol. The van der Waals surface area contributed by atoms with Crippen LogP contribution < -0.4 is 5.32 Å². The summed E-state index contributed by atoms with van der Waals surface area (Å²) in [6.45, 7) is 4.56. The fourth-order valence-corrected chi connectivity index (χ4v) is 3.22. The number of fused-ring (bicyclic) bond motifs is 1. The molecule has 1 fully saturated rings. The van der Waals surface area contributed by atoms with Gasteiger partial charge < -0.3 is 10.2 Å². The number of amides is 2. The van der Waals surface area contributed by atoms with Gasteiger partial charge in [-0.1, -0.05) is 13.8 Å². The first-order chi connectivity index (χ1) is 11.2. The first-order valence-corrected chi connectivity index (χ1v) is 8.23. The Morgan fingerprint density at radius 3 is 2.75 bits per heavy atom. The summed E-state index contributed by atoms with van der Waals surface area (Å²) in [5.74, 6) is -2.82. The number of halogens is 2. The molecule has 1 aromatic heterocycles. The number of carbonyl (C=O) groups excluding carboxylic acids is 2. The van der Waals surface area contributed by atoms with E-state index in [2.05, 4.69) is 10.4 Å². The van der Waals surface area contributed by atoms with E-state index < -0.39 is 18.0 Å². The van der Waals surface area contributed by atoms with Crippen molar-refractivity contribution >= 4 is 11.8 Å². The highest BCUT2D eigenvalue weighted by Gasteiger charge is 2.47. The molecule has 0 aromatic carbocycles. The van der Waals surface area contributed by atoms with Gasteiger partial charge in [-0.2, -0.15) is 5.10 Å². The van der Waals surface area contributed by atoms with E-state index in [4.69, 9.17) is 0 Å². The number of rotatable bonds is 4. The molecule has 2 heterocycles. The van der Waals surface area contributed by atoms with Crippen LogP contribution in [-0.4, -0.2) is 45.0 Å². The third-order valence-corrected chi connectivity index (χ3v) is 4.47. The smallest absolute Gasteiger partial charge is 0.252 e. The zero-order chi connectivity index (χ0) is 17.5. The molecular formula is C16H22F2N4O2. The van der Waals surface area contributed by atoms with Crippen LogP contribution in [0.4, 0.5) is 8.78 Å². The van der Waals surface area contributed by atoms with Gasteiger partial charge in [-0.15, -0.1) is 0 Å². The van der Waals surface area contributed by atoms with Crippen molar-refractivity contribution in [3.63, 3.8) is 0 Å². The van der Waals surface area contributed by atoms with Crippen molar-refractivity contribution in [2.45, 2.75) is 57.7 Å². The maximum Gasteiger partial charge on any atom is 0.252 e. The number of hydrogen-bond donors (Lipinski definition) is 1. The molecule has 24 heavy (non-hydrogen) atoms. The average Bonchev–Trinajstić information content (AvgIpc) is 2.91. The van der Waals surface area contributed by atoms with Crippen LogP contribution in [0, 0.1) is 5.92 Å². The van der Waals surface area contributed by atoms with E-state index in [1.165, 1.54) is 0 Å². The lowest BCUT2D eigenvalue weighted by molar-refractivity contribution is -0.138. The van der Waals surface area contributed by atoms with Gasteiger partial charge in [0.1, 0.15) is 6.04 Å². The minimum atomic E-state index is -2.68. The van der Waals surface area contributed by atoms with Crippen molar-refractivity contribution < 1.29 is 18.4 Å². The molecule has 1 aliphatic heterocycles. The Hall–Kier alpha value is -1.99. The van der Waals surface area contributed by atoms with E-state index in [0.29, 0.717) is 13.0 Å². The lowest BCUT2D eigenvalue weighted by Crippen LogP contribution is -2.54. The molecule has 2 amide bonds. The van der Waals surface area contributed by atoms with E-state index in [1.54, 1.807) is 21.8 Å². The molecule has 1 saturated carbocycles. The summed E-state index contributed by atoms with van der Waals surface area (Å²) in [6, 6.07) is 0.592. The molecule has 1 N–H and O–H groups in total. The van der Waals surface area contributed by atoms with Crippen molar-refractivity contribution in [2.24, 2.45) is 5.92 Å². The van der Waals surface area contributed by atoms with Gasteiger partial charge in [0.15, 0.2) is 0 Å². The Morgan fingerprint density at radius 2 is 2.12 bits per heavy atom. The van der Waals surface area contributed by atoms with Gasteiger partial charge in [-0.25, -0.2) is 8.78 Å². The fourth-order valence-electron chi connectivity index (χ4n) is 3.22. The minimum absolute atomic E-state index is 0.00886. The van der Waals surface area contributed by atoms with Crippen molar-refractivity contribution in [2.75, 3.05) is 6.54 Å². The number of nitrogens with zero attached hydrogens (tertiary/aromatic N) is 3. The zero-order valence-electron chi connectivity index (χ0n) is 13.8. The summed E-state index contributed by atoms with van der Waals surface area (Å²) < 4.78 is 27.5. The van der Waals surface area contributed by atoms with Crippen molar-refractivity contribution in [3.05, 3.63) is 18.0 Å². The Morgan fingerprint density at radius 1 is 1.42 bits per heavy atom. The molecule has 1 unspecified atom stereocenters. The van der Waals surface area contributed by atoms with Gasteiger partial charge >= 0.3 is 0 Å². The quantitative estimate of drug-likeness (QED) is 0.908. The maximum atomic E-state index is 12.9. The molecule has 2 aliphatic rings. The Labute approximate surface area is 139 Å². The number of hydrogen-bond acceptors (Lipinski definition) is 3. The summed E-state index contributed by atoms with van der Waals surface area (Å²) in [5.41, 5.74) is 0.775. The van der Waals surface area contributed by atoms with Gasteiger partial charge in [-0.05, 0) is 12.0 Å². The summed E-state index contributed by atoms with van der Waals surface area (Å²) in [4.78, 5) is 26.5. The van der Waals surface area contributed by atoms with Crippen LogP contribution in [0.2, 0.25) is 0 Å². The topological polar surface area (TPSA) is 67.2 Å². The number of aromatic nitrogens is 2. The van der Waals surface area contributed by atoms with Gasteiger partial charge in [0, 0.05) is 31.5 Å². The Balaban J connectivity index is 1.70. The van der Waals surface area contributed by atoms with Crippen LogP contribution in [0.5, 0.6) is 0 Å². The Kier molecular flexibility index (Phi) is 4.31. The van der Waals surface area contributed by atoms with Gasteiger partial charge in [-0.3, -0.25) is 14.3 Å². The second-order valence-electron chi connectivity index (χ2n) is 7.12. The van der Waals surface area contributed by atoms with E-state index in [1.807, 2.05) is 13.8 Å². The highest BCUT2D eigenvalue weighted by Crippen LogP contribution is 2.37. The lowest BCUT2D eigenvalue weighted by Gasteiger charge is -2.38. The predicted molar refractivity (Wildman–Crippen MR) is 82.2 cm³/mol. The largest absolute Gasteiger partial charge is 0.351 e. The molecule has 132 valence electrons.